The molecule has 4 nitrogen and oxygen atoms in total. The monoisotopic (exact) mass is 306 g/mol. The predicted molar refractivity (Wildman–Crippen MR) is 87.1 cm³/mol. The molecule has 112 valence electrons. The van der Waals surface area contributed by atoms with Gasteiger partial charge in [0.25, 0.3) is 0 Å². The van der Waals surface area contributed by atoms with Crippen LogP contribution in [-0.4, -0.2) is 21.4 Å². The molecular weight excluding hydrogens is 287 g/mol. The van der Waals surface area contributed by atoms with E-state index in [1.165, 1.54) is 6.07 Å². The summed E-state index contributed by atoms with van der Waals surface area (Å²) in [4.78, 5) is 0. The van der Waals surface area contributed by atoms with Crippen molar-refractivity contribution in [3.05, 3.63) is 47.0 Å². The van der Waals surface area contributed by atoms with Crippen LogP contribution in [0.25, 0.3) is 0 Å². The number of rotatable bonds is 4. The van der Waals surface area contributed by atoms with Crippen LogP contribution in [0.15, 0.2) is 24.3 Å². The Balaban J connectivity index is 2.23. The van der Waals surface area contributed by atoms with Gasteiger partial charge < -0.3 is 10.6 Å². The Morgan fingerprint density at radius 2 is 2.05 bits per heavy atom. The molecule has 21 heavy (non-hydrogen) atoms. The van der Waals surface area contributed by atoms with Crippen LogP contribution in [-0.2, 0) is 6.54 Å². The Morgan fingerprint density at radius 3 is 2.71 bits per heavy atom. The minimum absolute atomic E-state index is 0.220. The lowest BCUT2D eigenvalue weighted by Gasteiger charge is -2.10. The summed E-state index contributed by atoms with van der Waals surface area (Å²) in [6.07, 6.45) is 0. The van der Waals surface area contributed by atoms with E-state index in [9.17, 15) is 4.39 Å². The van der Waals surface area contributed by atoms with Crippen LogP contribution in [0.3, 0.4) is 0 Å². The Morgan fingerprint density at radius 1 is 1.33 bits per heavy atom. The maximum absolute atomic E-state index is 13.7. The fourth-order valence-corrected chi connectivity index (χ4v) is 2.38. The van der Waals surface area contributed by atoms with Gasteiger partial charge in [0.1, 0.15) is 5.82 Å². The fourth-order valence-electron chi connectivity index (χ4n) is 2.14. The smallest absolute Gasteiger partial charge is 0.170 e. The van der Waals surface area contributed by atoms with Crippen LogP contribution >= 0.6 is 12.2 Å². The number of anilines is 1. The molecule has 0 amide bonds. The maximum atomic E-state index is 13.7. The van der Waals surface area contributed by atoms with E-state index in [0.29, 0.717) is 17.2 Å². The largest absolute Gasteiger partial charge is 0.363 e. The topological polar surface area (TPSA) is 41.9 Å². The highest BCUT2D eigenvalue weighted by Gasteiger charge is 2.13. The van der Waals surface area contributed by atoms with Gasteiger partial charge in [0.15, 0.2) is 5.11 Å². The molecule has 0 radical (unpaired) electrons. The molecule has 0 bridgehead atoms. The molecule has 0 aliphatic carbocycles. The van der Waals surface area contributed by atoms with Crippen molar-refractivity contribution in [3.8, 4) is 0 Å². The van der Waals surface area contributed by atoms with E-state index in [0.717, 1.165) is 23.6 Å². The van der Waals surface area contributed by atoms with Crippen molar-refractivity contribution in [2.24, 2.45) is 0 Å². The van der Waals surface area contributed by atoms with Crippen LogP contribution in [0.4, 0.5) is 10.1 Å². The number of hydrogen-bond acceptors (Lipinski definition) is 2. The molecule has 0 saturated heterocycles. The molecule has 0 fully saturated rings. The SMILES string of the molecule is CCNC(=S)Nc1c(C)nn(Cc2ccccc2F)c1C. The highest BCUT2D eigenvalue weighted by atomic mass is 32.1. The van der Waals surface area contributed by atoms with Crippen LogP contribution in [0.5, 0.6) is 0 Å². The first-order valence-electron chi connectivity index (χ1n) is 6.85. The standard InChI is InChI=1S/C15H19FN4S/c1-4-17-15(21)18-14-10(2)19-20(11(14)3)9-12-7-5-6-8-13(12)16/h5-8H,4,9H2,1-3H3,(H2,17,18,21). The van der Waals surface area contributed by atoms with Gasteiger partial charge in [-0.2, -0.15) is 5.10 Å². The van der Waals surface area contributed by atoms with E-state index >= 15 is 0 Å². The second-order valence-electron chi connectivity index (χ2n) is 4.78. The number of benzene rings is 1. The molecular formula is C15H19FN4S. The second-order valence-corrected chi connectivity index (χ2v) is 5.19. The van der Waals surface area contributed by atoms with Crippen LogP contribution < -0.4 is 10.6 Å². The zero-order chi connectivity index (χ0) is 15.4. The summed E-state index contributed by atoms with van der Waals surface area (Å²) in [7, 11) is 0. The molecule has 2 aromatic rings. The number of thiocarbonyl (C=S) groups is 1. The van der Waals surface area contributed by atoms with E-state index in [1.807, 2.05) is 26.8 Å². The van der Waals surface area contributed by atoms with E-state index in [1.54, 1.807) is 16.8 Å². The molecule has 2 rings (SSSR count). The van der Waals surface area contributed by atoms with Crippen LogP contribution in [0, 0.1) is 19.7 Å². The third-order valence-electron chi connectivity index (χ3n) is 3.24. The zero-order valence-corrected chi connectivity index (χ0v) is 13.2. The summed E-state index contributed by atoms with van der Waals surface area (Å²) in [5.41, 5.74) is 3.25. The third-order valence-corrected chi connectivity index (χ3v) is 3.48. The maximum Gasteiger partial charge on any atom is 0.170 e. The van der Waals surface area contributed by atoms with Crippen molar-refractivity contribution in [1.29, 1.82) is 0 Å². The first-order valence-corrected chi connectivity index (χ1v) is 7.26. The first kappa shape index (κ1) is 15.4. The lowest BCUT2D eigenvalue weighted by Crippen LogP contribution is -2.28. The van der Waals surface area contributed by atoms with Crippen LogP contribution in [0.1, 0.15) is 23.9 Å². The Bertz CT molecular complexity index is 651. The van der Waals surface area contributed by atoms with Gasteiger partial charge in [0.2, 0.25) is 0 Å². The Kier molecular flexibility index (Phi) is 4.90. The molecule has 0 saturated carbocycles. The van der Waals surface area contributed by atoms with Crippen molar-refractivity contribution in [2.75, 3.05) is 11.9 Å². The number of aryl methyl sites for hydroxylation is 1. The molecule has 1 aromatic carbocycles. The van der Waals surface area contributed by atoms with Crippen molar-refractivity contribution < 1.29 is 4.39 Å². The van der Waals surface area contributed by atoms with Gasteiger partial charge in [-0.15, -0.1) is 0 Å². The number of nitrogens with one attached hydrogen (secondary N) is 2. The van der Waals surface area contributed by atoms with Crippen molar-refractivity contribution in [1.82, 2.24) is 15.1 Å². The van der Waals surface area contributed by atoms with E-state index in [-0.39, 0.29) is 5.82 Å². The van der Waals surface area contributed by atoms with Crippen molar-refractivity contribution in [3.63, 3.8) is 0 Å². The van der Waals surface area contributed by atoms with Gasteiger partial charge in [0.05, 0.1) is 23.6 Å². The average Bonchev–Trinajstić information content (AvgIpc) is 2.69. The second kappa shape index (κ2) is 6.67. The van der Waals surface area contributed by atoms with Crippen molar-refractivity contribution in [2.45, 2.75) is 27.3 Å². The summed E-state index contributed by atoms with van der Waals surface area (Å²) >= 11 is 5.19. The fraction of sp³-hybridized carbons (Fsp3) is 0.333. The van der Waals surface area contributed by atoms with Gasteiger partial charge in [-0.1, -0.05) is 18.2 Å². The molecule has 6 heteroatoms. The Labute approximate surface area is 129 Å². The summed E-state index contributed by atoms with van der Waals surface area (Å²) in [6, 6.07) is 6.73. The third kappa shape index (κ3) is 3.58. The van der Waals surface area contributed by atoms with Gasteiger partial charge in [0, 0.05) is 12.1 Å². The van der Waals surface area contributed by atoms with Gasteiger partial charge in [-0.25, -0.2) is 4.39 Å². The van der Waals surface area contributed by atoms with Gasteiger partial charge in [-0.05, 0) is 39.1 Å². The summed E-state index contributed by atoms with van der Waals surface area (Å²) in [5.74, 6) is -0.220. The number of aromatic nitrogens is 2. The molecule has 0 aliphatic rings. The quantitative estimate of drug-likeness (QED) is 0.852. The predicted octanol–water partition coefficient (Wildman–Crippen LogP) is 2.99. The molecule has 0 unspecified atom stereocenters. The normalized spacial score (nSPS) is 10.5. The average molecular weight is 306 g/mol. The lowest BCUT2D eigenvalue weighted by molar-refractivity contribution is 0.579. The first-order chi connectivity index (χ1) is 10.0. The minimum atomic E-state index is -0.220. The van der Waals surface area contributed by atoms with Crippen molar-refractivity contribution >= 4 is 23.0 Å². The highest BCUT2D eigenvalue weighted by Crippen LogP contribution is 2.21. The molecule has 1 heterocycles. The summed E-state index contributed by atoms with van der Waals surface area (Å²) in [6.45, 7) is 6.98. The van der Waals surface area contributed by atoms with Gasteiger partial charge >= 0.3 is 0 Å². The molecule has 0 aliphatic heterocycles. The summed E-state index contributed by atoms with van der Waals surface area (Å²) in [5, 5.41) is 11.2. The zero-order valence-electron chi connectivity index (χ0n) is 12.4. The van der Waals surface area contributed by atoms with Crippen LogP contribution in [0.2, 0.25) is 0 Å². The number of nitrogens with zero attached hydrogens (tertiary/aromatic N) is 2. The lowest BCUT2D eigenvalue weighted by atomic mass is 10.2. The molecule has 0 atom stereocenters. The summed E-state index contributed by atoms with van der Waals surface area (Å²) < 4.78 is 15.5. The highest BCUT2D eigenvalue weighted by molar-refractivity contribution is 7.80. The number of hydrogen-bond donors (Lipinski definition) is 2. The number of halogens is 1. The van der Waals surface area contributed by atoms with E-state index in [4.69, 9.17) is 12.2 Å². The van der Waals surface area contributed by atoms with Gasteiger partial charge in [-0.3, -0.25) is 4.68 Å². The van der Waals surface area contributed by atoms with E-state index < -0.39 is 0 Å². The van der Waals surface area contributed by atoms with E-state index in [2.05, 4.69) is 15.7 Å². The molecule has 0 spiro atoms. The molecule has 2 N–H and O–H groups in total. The Hall–Kier alpha value is -1.95. The minimum Gasteiger partial charge on any atom is -0.363 e. The molecule has 1 aromatic heterocycles.